The van der Waals surface area contributed by atoms with Gasteiger partial charge in [0.05, 0.1) is 12.7 Å². The maximum absolute atomic E-state index is 5.70. The Morgan fingerprint density at radius 3 is 2.85 bits per heavy atom. The van der Waals surface area contributed by atoms with Crippen molar-refractivity contribution >= 4 is 12.4 Å². The molecule has 2 heterocycles. The molecule has 2 saturated heterocycles. The van der Waals surface area contributed by atoms with Crippen LogP contribution < -0.4 is 5.32 Å². The molecule has 3 atom stereocenters. The van der Waals surface area contributed by atoms with Gasteiger partial charge in [0.25, 0.3) is 0 Å². The van der Waals surface area contributed by atoms with E-state index in [9.17, 15) is 0 Å². The lowest BCUT2D eigenvalue weighted by Crippen LogP contribution is -2.29. The van der Waals surface area contributed by atoms with Crippen molar-refractivity contribution in [2.24, 2.45) is 11.8 Å². The van der Waals surface area contributed by atoms with E-state index < -0.39 is 0 Å². The average Bonchev–Trinajstić information content (AvgIpc) is 2.52. The lowest BCUT2D eigenvalue weighted by Gasteiger charge is -2.19. The molecule has 0 aromatic heterocycles. The van der Waals surface area contributed by atoms with Gasteiger partial charge in [0, 0.05) is 31.5 Å². The van der Waals surface area contributed by atoms with E-state index in [1.165, 1.54) is 6.54 Å². The van der Waals surface area contributed by atoms with Crippen LogP contribution in [0.2, 0.25) is 0 Å². The Morgan fingerprint density at radius 1 is 1.38 bits per heavy atom. The van der Waals surface area contributed by atoms with Crippen LogP contribution in [-0.2, 0) is 4.74 Å². The molecule has 0 saturated carbocycles. The molecule has 1 N–H and O–H groups in total. The zero-order valence-electron chi connectivity index (χ0n) is 8.32. The topological polar surface area (TPSA) is 24.5 Å². The first-order valence-electron chi connectivity index (χ1n) is 4.74. The molecule has 0 bridgehead atoms. The fourth-order valence-corrected chi connectivity index (χ4v) is 2.36. The predicted octanol–water partition coefficient (Wildman–Crippen LogP) is 0.204. The number of nitrogens with one attached hydrogen (secondary N) is 1. The van der Waals surface area contributed by atoms with Crippen LogP contribution in [0.25, 0.3) is 0 Å². The summed E-state index contributed by atoms with van der Waals surface area (Å²) in [6, 6.07) is 0. The molecule has 2 aliphatic rings. The largest absolute Gasteiger partial charge is 0.376 e. The molecular formula is C9H19ClN2O. The van der Waals surface area contributed by atoms with Crippen LogP contribution in [0.5, 0.6) is 0 Å². The van der Waals surface area contributed by atoms with Gasteiger partial charge in [-0.2, -0.15) is 0 Å². The third kappa shape index (κ3) is 2.34. The maximum Gasteiger partial charge on any atom is 0.0743 e. The second-order valence-corrected chi connectivity index (χ2v) is 4.22. The average molecular weight is 207 g/mol. The fourth-order valence-electron chi connectivity index (χ4n) is 2.36. The minimum atomic E-state index is 0. The van der Waals surface area contributed by atoms with E-state index in [1.807, 2.05) is 0 Å². The van der Waals surface area contributed by atoms with Crippen LogP contribution in [0.3, 0.4) is 0 Å². The molecule has 78 valence electrons. The third-order valence-corrected chi connectivity index (χ3v) is 2.93. The van der Waals surface area contributed by atoms with Gasteiger partial charge in [-0.25, -0.2) is 0 Å². The van der Waals surface area contributed by atoms with Crippen molar-refractivity contribution in [3.63, 3.8) is 0 Å². The van der Waals surface area contributed by atoms with Gasteiger partial charge in [0.1, 0.15) is 0 Å². The van der Waals surface area contributed by atoms with Gasteiger partial charge < -0.3 is 15.0 Å². The van der Waals surface area contributed by atoms with Crippen molar-refractivity contribution in [1.29, 1.82) is 0 Å². The second-order valence-electron chi connectivity index (χ2n) is 4.22. The monoisotopic (exact) mass is 206 g/mol. The predicted molar refractivity (Wildman–Crippen MR) is 55.4 cm³/mol. The van der Waals surface area contributed by atoms with E-state index >= 15 is 0 Å². The third-order valence-electron chi connectivity index (χ3n) is 2.93. The molecule has 2 aliphatic heterocycles. The molecule has 4 heteroatoms. The maximum atomic E-state index is 5.70. The lowest BCUT2D eigenvalue weighted by molar-refractivity contribution is 0.108. The number of halogens is 1. The van der Waals surface area contributed by atoms with Crippen LogP contribution in [0.4, 0.5) is 0 Å². The normalized spacial score (nSPS) is 37.6. The Labute approximate surface area is 86.2 Å². The summed E-state index contributed by atoms with van der Waals surface area (Å²) in [5.74, 6) is 1.52. The van der Waals surface area contributed by atoms with Gasteiger partial charge in [-0.1, -0.05) is 0 Å². The Bertz CT molecular complexity index is 166. The van der Waals surface area contributed by atoms with E-state index in [0.29, 0.717) is 6.10 Å². The summed E-state index contributed by atoms with van der Waals surface area (Å²) in [7, 11) is 4.27. The van der Waals surface area contributed by atoms with E-state index in [0.717, 1.165) is 31.5 Å². The van der Waals surface area contributed by atoms with Gasteiger partial charge in [-0.3, -0.25) is 0 Å². The van der Waals surface area contributed by atoms with E-state index in [4.69, 9.17) is 4.74 Å². The lowest BCUT2D eigenvalue weighted by atomic mass is 9.93. The van der Waals surface area contributed by atoms with E-state index in [1.54, 1.807) is 0 Å². The summed E-state index contributed by atoms with van der Waals surface area (Å²) < 4.78 is 5.70. The number of fused-ring (bicyclic) bond motifs is 1. The summed E-state index contributed by atoms with van der Waals surface area (Å²) in [5, 5.41) is 3.38. The van der Waals surface area contributed by atoms with Gasteiger partial charge in [0.2, 0.25) is 0 Å². The Balaban J connectivity index is 0.000000845. The number of hydrogen-bond acceptors (Lipinski definition) is 3. The molecule has 13 heavy (non-hydrogen) atoms. The van der Waals surface area contributed by atoms with Crippen LogP contribution in [-0.4, -0.2) is 51.3 Å². The van der Waals surface area contributed by atoms with E-state index in [2.05, 4.69) is 24.3 Å². The number of rotatable bonds is 2. The van der Waals surface area contributed by atoms with Gasteiger partial charge >= 0.3 is 0 Å². The summed E-state index contributed by atoms with van der Waals surface area (Å²) >= 11 is 0. The van der Waals surface area contributed by atoms with Gasteiger partial charge in [0.15, 0.2) is 0 Å². The highest BCUT2D eigenvalue weighted by Gasteiger charge is 2.40. The molecule has 0 aliphatic carbocycles. The first kappa shape index (κ1) is 11.2. The summed E-state index contributed by atoms with van der Waals surface area (Å²) in [6.07, 6.45) is 0.509. The molecule has 0 amide bonds. The highest BCUT2D eigenvalue weighted by molar-refractivity contribution is 5.85. The standard InChI is InChI=1S/C9H18N2O.ClH/c1-11(2)5-7-6-12-9-4-10-3-8(7)9;/h7-10H,3-6H2,1-2H3;1H. The van der Waals surface area contributed by atoms with Crippen molar-refractivity contribution in [2.75, 3.05) is 40.3 Å². The number of ether oxygens (including phenoxy) is 1. The van der Waals surface area contributed by atoms with Crippen molar-refractivity contribution in [2.45, 2.75) is 6.10 Å². The van der Waals surface area contributed by atoms with Crippen LogP contribution in [0.1, 0.15) is 0 Å². The summed E-state index contributed by atoms with van der Waals surface area (Å²) in [6.45, 7) is 4.36. The molecular weight excluding hydrogens is 188 g/mol. The molecule has 0 radical (unpaired) electrons. The molecule has 2 rings (SSSR count). The number of hydrogen-bond donors (Lipinski definition) is 1. The Kier molecular flexibility index (Phi) is 3.98. The fraction of sp³-hybridized carbons (Fsp3) is 1.00. The zero-order chi connectivity index (χ0) is 8.55. The van der Waals surface area contributed by atoms with Crippen molar-refractivity contribution in [3.8, 4) is 0 Å². The Morgan fingerprint density at radius 2 is 2.15 bits per heavy atom. The van der Waals surface area contributed by atoms with Crippen LogP contribution >= 0.6 is 12.4 Å². The zero-order valence-corrected chi connectivity index (χ0v) is 9.14. The smallest absolute Gasteiger partial charge is 0.0743 e. The molecule has 3 nitrogen and oxygen atoms in total. The van der Waals surface area contributed by atoms with Crippen molar-refractivity contribution < 1.29 is 4.74 Å². The summed E-state index contributed by atoms with van der Waals surface area (Å²) in [4.78, 5) is 2.26. The molecule has 0 aromatic carbocycles. The SMILES string of the molecule is CN(C)CC1COC2CNCC12.Cl. The highest BCUT2D eigenvalue weighted by Crippen LogP contribution is 2.29. The summed E-state index contributed by atoms with van der Waals surface area (Å²) in [5.41, 5.74) is 0. The highest BCUT2D eigenvalue weighted by atomic mass is 35.5. The molecule has 0 aromatic rings. The van der Waals surface area contributed by atoms with Crippen LogP contribution in [0, 0.1) is 11.8 Å². The van der Waals surface area contributed by atoms with E-state index in [-0.39, 0.29) is 12.4 Å². The quantitative estimate of drug-likeness (QED) is 0.699. The first-order valence-corrected chi connectivity index (χ1v) is 4.74. The van der Waals surface area contributed by atoms with Crippen molar-refractivity contribution in [3.05, 3.63) is 0 Å². The minimum Gasteiger partial charge on any atom is -0.376 e. The Hall–Kier alpha value is 0.170. The molecule has 3 unspecified atom stereocenters. The van der Waals surface area contributed by atoms with Gasteiger partial charge in [-0.15, -0.1) is 12.4 Å². The van der Waals surface area contributed by atoms with Gasteiger partial charge in [-0.05, 0) is 14.1 Å². The molecule has 2 fully saturated rings. The van der Waals surface area contributed by atoms with Crippen molar-refractivity contribution in [1.82, 2.24) is 10.2 Å². The van der Waals surface area contributed by atoms with Crippen LogP contribution in [0.15, 0.2) is 0 Å². The molecule has 0 spiro atoms. The second kappa shape index (κ2) is 4.60. The number of nitrogens with zero attached hydrogens (tertiary/aromatic N) is 1. The first-order chi connectivity index (χ1) is 5.77. The minimum absolute atomic E-state index is 0.